The van der Waals surface area contributed by atoms with Gasteiger partial charge in [-0.1, -0.05) is 12.1 Å². The van der Waals surface area contributed by atoms with Crippen molar-refractivity contribution in [2.24, 2.45) is 0 Å². The summed E-state index contributed by atoms with van der Waals surface area (Å²) < 4.78 is 5.20. The molecule has 5 nitrogen and oxygen atoms in total. The first-order chi connectivity index (χ1) is 10.7. The van der Waals surface area contributed by atoms with Crippen LogP contribution in [0, 0.1) is 0 Å². The van der Waals surface area contributed by atoms with Gasteiger partial charge in [0.05, 0.1) is 13.7 Å². The second-order valence-electron chi connectivity index (χ2n) is 6.29. The number of fused-ring (bicyclic) bond motifs is 2. The van der Waals surface area contributed by atoms with E-state index < -0.39 is 0 Å². The Labute approximate surface area is 144 Å². The van der Waals surface area contributed by atoms with Crippen LogP contribution in [0.25, 0.3) is 0 Å². The number of likely N-dealkylation sites (tertiary alicyclic amines) is 1. The van der Waals surface area contributed by atoms with Gasteiger partial charge in [0.1, 0.15) is 5.75 Å². The zero-order valence-electron chi connectivity index (χ0n) is 13.6. The maximum atomic E-state index is 12.2. The average molecular weight is 340 g/mol. The lowest BCUT2D eigenvalue weighted by atomic mass is 10.1. The Kier molecular flexibility index (Phi) is 6.69. The summed E-state index contributed by atoms with van der Waals surface area (Å²) in [5.41, 5.74) is 1.06. The van der Waals surface area contributed by atoms with Crippen LogP contribution in [0.1, 0.15) is 24.8 Å². The molecule has 2 saturated heterocycles. The quantitative estimate of drug-likeness (QED) is 0.855. The van der Waals surface area contributed by atoms with Crippen LogP contribution < -0.4 is 15.4 Å². The van der Waals surface area contributed by atoms with Gasteiger partial charge in [-0.15, -0.1) is 12.4 Å². The molecule has 2 unspecified atom stereocenters. The van der Waals surface area contributed by atoms with Crippen molar-refractivity contribution < 1.29 is 9.53 Å². The number of amides is 1. The molecule has 3 rings (SSSR count). The third-order valence-electron chi connectivity index (χ3n) is 4.60. The van der Waals surface area contributed by atoms with Gasteiger partial charge >= 0.3 is 0 Å². The van der Waals surface area contributed by atoms with Crippen LogP contribution in [0.15, 0.2) is 24.3 Å². The number of halogens is 1. The number of hydrogen-bond donors (Lipinski definition) is 2. The largest absolute Gasteiger partial charge is 0.497 e. The van der Waals surface area contributed by atoms with Crippen LogP contribution in [-0.4, -0.2) is 49.6 Å². The minimum Gasteiger partial charge on any atom is -0.497 e. The van der Waals surface area contributed by atoms with E-state index in [1.807, 2.05) is 24.3 Å². The van der Waals surface area contributed by atoms with Crippen molar-refractivity contribution in [3.63, 3.8) is 0 Å². The molecule has 1 aromatic carbocycles. The van der Waals surface area contributed by atoms with Gasteiger partial charge in [-0.25, -0.2) is 0 Å². The van der Waals surface area contributed by atoms with E-state index in [9.17, 15) is 4.79 Å². The molecule has 0 aliphatic carbocycles. The van der Waals surface area contributed by atoms with Gasteiger partial charge < -0.3 is 15.4 Å². The number of ether oxygens (including phenoxy) is 1. The van der Waals surface area contributed by atoms with Gasteiger partial charge in [-0.2, -0.15) is 0 Å². The van der Waals surface area contributed by atoms with Crippen molar-refractivity contribution in [2.45, 2.75) is 37.9 Å². The van der Waals surface area contributed by atoms with E-state index in [0.29, 0.717) is 25.2 Å². The van der Waals surface area contributed by atoms with Crippen LogP contribution in [-0.2, 0) is 11.3 Å². The smallest absolute Gasteiger partial charge is 0.234 e. The van der Waals surface area contributed by atoms with Gasteiger partial charge in [-0.05, 0) is 37.0 Å². The van der Waals surface area contributed by atoms with Crippen molar-refractivity contribution in [3.05, 3.63) is 29.8 Å². The first-order valence-corrected chi connectivity index (χ1v) is 8.11. The number of carbonyl (C=O) groups excluding carboxylic acids is 1. The maximum absolute atomic E-state index is 12.2. The lowest BCUT2D eigenvalue weighted by molar-refractivity contribution is -0.122. The number of rotatable bonds is 5. The lowest BCUT2D eigenvalue weighted by Crippen LogP contribution is -2.41. The fourth-order valence-electron chi connectivity index (χ4n) is 3.40. The first-order valence-electron chi connectivity index (χ1n) is 8.11. The highest BCUT2D eigenvalue weighted by molar-refractivity contribution is 5.85. The summed E-state index contributed by atoms with van der Waals surface area (Å²) in [6.45, 7) is 3.05. The summed E-state index contributed by atoms with van der Waals surface area (Å²) in [4.78, 5) is 14.4. The number of nitrogens with zero attached hydrogens (tertiary/aromatic N) is 1. The molecule has 0 radical (unpaired) electrons. The highest BCUT2D eigenvalue weighted by Crippen LogP contribution is 2.20. The molecular formula is C17H26ClN3O2. The van der Waals surface area contributed by atoms with Crippen LogP contribution in [0.2, 0.25) is 0 Å². The van der Waals surface area contributed by atoms with E-state index in [1.165, 1.54) is 12.8 Å². The van der Waals surface area contributed by atoms with Crippen LogP contribution >= 0.6 is 12.4 Å². The summed E-state index contributed by atoms with van der Waals surface area (Å²) in [5.74, 6) is 0.918. The summed E-state index contributed by atoms with van der Waals surface area (Å²) in [7, 11) is 1.65. The minimum atomic E-state index is 0. The van der Waals surface area contributed by atoms with Gasteiger partial charge in [0, 0.05) is 31.7 Å². The van der Waals surface area contributed by atoms with Gasteiger partial charge in [0.2, 0.25) is 5.91 Å². The molecule has 2 aliphatic rings. The van der Waals surface area contributed by atoms with Gasteiger partial charge in [0.15, 0.2) is 0 Å². The number of nitrogens with one attached hydrogen (secondary N) is 2. The standard InChI is InChI=1S/C17H25N3O2.ClH/c1-22-16-4-2-3-13(9-16)10-18-17(21)12-20-8-7-14-5-6-15(11-20)19-14;/h2-4,9,14-15,19H,5-8,10-12H2,1H3,(H,18,21);1H. The first kappa shape index (κ1) is 18.0. The Morgan fingerprint density at radius 1 is 1.35 bits per heavy atom. The predicted molar refractivity (Wildman–Crippen MR) is 93.1 cm³/mol. The molecule has 2 bridgehead atoms. The Balaban J connectivity index is 0.00000192. The zero-order valence-corrected chi connectivity index (χ0v) is 14.4. The normalized spacial score (nSPS) is 23.7. The Bertz CT molecular complexity index is 526. The highest BCUT2D eigenvalue weighted by atomic mass is 35.5. The molecule has 0 aromatic heterocycles. The summed E-state index contributed by atoms with van der Waals surface area (Å²) in [5, 5.41) is 6.64. The molecule has 1 aromatic rings. The fourth-order valence-corrected chi connectivity index (χ4v) is 3.40. The Morgan fingerprint density at radius 2 is 2.17 bits per heavy atom. The van der Waals surface area contributed by atoms with Crippen molar-refractivity contribution in [1.29, 1.82) is 0 Å². The number of carbonyl (C=O) groups is 1. The SMILES string of the molecule is COc1cccc(CNC(=O)CN2CCC3CCC(C2)N3)c1.Cl. The molecule has 2 N–H and O–H groups in total. The van der Waals surface area contributed by atoms with Crippen LogP contribution in [0.5, 0.6) is 5.75 Å². The topological polar surface area (TPSA) is 53.6 Å². The molecule has 2 heterocycles. The molecule has 23 heavy (non-hydrogen) atoms. The van der Waals surface area contributed by atoms with Gasteiger partial charge in [-0.3, -0.25) is 9.69 Å². The highest BCUT2D eigenvalue weighted by Gasteiger charge is 2.29. The monoisotopic (exact) mass is 339 g/mol. The molecule has 0 spiro atoms. The lowest BCUT2D eigenvalue weighted by Gasteiger charge is -2.23. The van der Waals surface area contributed by atoms with E-state index in [-0.39, 0.29) is 18.3 Å². The molecule has 1 amide bonds. The third kappa shape index (κ3) is 5.09. The van der Waals surface area contributed by atoms with E-state index in [4.69, 9.17) is 4.74 Å². The molecule has 128 valence electrons. The number of hydrogen-bond acceptors (Lipinski definition) is 4. The van der Waals surface area contributed by atoms with E-state index >= 15 is 0 Å². The second kappa shape index (κ2) is 8.52. The van der Waals surface area contributed by atoms with Crippen LogP contribution in [0.3, 0.4) is 0 Å². The molecule has 2 fully saturated rings. The van der Waals surface area contributed by atoms with Crippen LogP contribution in [0.4, 0.5) is 0 Å². The van der Waals surface area contributed by atoms with E-state index in [0.717, 1.165) is 30.8 Å². The number of methoxy groups -OCH3 is 1. The minimum absolute atomic E-state index is 0. The average Bonchev–Trinajstić information content (AvgIpc) is 2.88. The van der Waals surface area contributed by atoms with Crippen molar-refractivity contribution in [3.8, 4) is 5.75 Å². The molecule has 6 heteroatoms. The summed E-state index contributed by atoms with van der Waals surface area (Å²) in [6.07, 6.45) is 3.69. The third-order valence-corrected chi connectivity index (χ3v) is 4.60. The molecular weight excluding hydrogens is 314 g/mol. The van der Waals surface area contributed by atoms with Crippen molar-refractivity contribution in [1.82, 2.24) is 15.5 Å². The second-order valence-corrected chi connectivity index (χ2v) is 6.29. The molecule has 0 saturated carbocycles. The van der Waals surface area contributed by atoms with E-state index in [2.05, 4.69) is 15.5 Å². The Hall–Kier alpha value is -1.30. The van der Waals surface area contributed by atoms with Crippen molar-refractivity contribution >= 4 is 18.3 Å². The van der Waals surface area contributed by atoms with Crippen molar-refractivity contribution in [2.75, 3.05) is 26.7 Å². The predicted octanol–water partition coefficient (Wildman–Crippen LogP) is 1.56. The fraction of sp³-hybridized carbons (Fsp3) is 0.588. The molecule has 2 atom stereocenters. The summed E-state index contributed by atoms with van der Waals surface area (Å²) >= 11 is 0. The summed E-state index contributed by atoms with van der Waals surface area (Å²) in [6, 6.07) is 9.03. The van der Waals surface area contributed by atoms with E-state index in [1.54, 1.807) is 7.11 Å². The zero-order chi connectivity index (χ0) is 15.4. The maximum Gasteiger partial charge on any atom is 0.234 e. The van der Waals surface area contributed by atoms with Gasteiger partial charge in [0.25, 0.3) is 0 Å². The Morgan fingerprint density at radius 3 is 3.00 bits per heavy atom. The number of benzene rings is 1. The molecule has 2 aliphatic heterocycles.